The topological polar surface area (TPSA) is 103 Å². The third kappa shape index (κ3) is 6.71. The van der Waals surface area contributed by atoms with E-state index in [1.165, 1.54) is 0 Å². The van der Waals surface area contributed by atoms with Gasteiger partial charge in [-0.1, -0.05) is 12.1 Å². The summed E-state index contributed by atoms with van der Waals surface area (Å²) < 4.78 is 10.9. The van der Waals surface area contributed by atoms with Crippen LogP contribution in [0.25, 0.3) is 0 Å². The number of hydrogen-bond donors (Lipinski definition) is 2. The fourth-order valence-electron chi connectivity index (χ4n) is 4.72. The summed E-state index contributed by atoms with van der Waals surface area (Å²) in [6.45, 7) is 6.40. The Labute approximate surface area is 217 Å². The fraction of sp³-hybridized carbons (Fsp3) is 0.444. The van der Waals surface area contributed by atoms with E-state index >= 15 is 0 Å². The molecule has 2 N–H and O–H groups in total. The highest BCUT2D eigenvalue weighted by Crippen LogP contribution is 2.28. The van der Waals surface area contributed by atoms with Gasteiger partial charge in [-0.3, -0.25) is 19.3 Å². The van der Waals surface area contributed by atoms with Gasteiger partial charge in [-0.25, -0.2) is 0 Å². The highest BCUT2D eigenvalue weighted by atomic mass is 16.5. The molecule has 0 unspecified atom stereocenters. The molecule has 3 amide bonds. The van der Waals surface area contributed by atoms with Crippen LogP contribution in [-0.2, 0) is 14.4 Å². The molecule has 2 aromatic carbocycles. The second-order valence-electron chi connectivity index (χ2n) is 9.04. The normalized spacial score (nSPS) is 18.2. The number of anilines is 2. The number of carbonyl (C=O) groups excluding carboxylic acids is 3. The Morgan fingerprint density at radius 1 is 1.03 bits per heavy atom. The number of para-hydroxylation sites is 2. The van der Waals surface area contributed by atoms with Crippen LogP contribution in [0, 0.1) is 0 Å². The van der Waals surface area contributed by atoms with Crippen molar-refractivity contribution >= 4 is 29.1 Å². The molecule has 10 heteroatoms. The zero-order valence-corrected chi connectivity index (χ0v) is 21.4. The van der Waals surface area contributed by atoms with Crippen LogP contribution in [0.5, 0.6) is 11.5 Å². The van der Waals surface area contributed by atoms with Gasteiger partial charge in [-0.15, -0.1) is 0 Å². The number of methoxy groups -OCH3 is 1. The van der Waals surface area contributed by atoms with Crippen molar-refractivity contribution in [3.8, 4) is 11.5 Å². The van der Waals surface area contributed by atoms with Crippen LogP contribution in [0.1, 0.15) is 13.3 Å². The van der Waals surface area contributed by atoms with Gasteiger partial charge in [0.25, 0.3) is 0 Å². The van der Waals surface area contributed by atoms with Crippen molar-refractivity contribution in [1.29, 1.82) is 0 Å². The molecular formula is C27H35N5O5. The van der Waals surface area contributed by atoms with Crippen molar-refractivity contribution in [1.82, 2.24) is 15.1 Å². The van der Waals surface area contributed by atoms with Crippen LogP contribution in [0.4, 0.5) is 11.4 Å². The first kappa shape index (κ1) is 26.3. The SMILES string of the molecule is CCOc1ccc(NC(=O)C[C@H]2C(=O)NCCN2C(=O)CN2CCN(c3ccccc3OC)CC2)cc1. The summed E-state index contributed by atoms with van der Waals surface area (Å²) in [4.78, 5) is 44.5. The Balaban J connectivity index is 1.31. The second-order valence-corrected chi connectivity index (χ2v) is 9.04. The quantitative estimate of drug-likeness (QED) is 0.529. The first-order chi connectivity index (χ1) is 18.0. The van der Waals surface area contributed by atoms with Crippen LogP contribution < -0.4 is 25.0 Å². The number of ether oxygens (including phenoxy) is 2. The van der Waals surface area contributed by atoms with E-state index < -0.39 is 6.04 Å². The third-order valence-corrected chi connectivity index (χ3v) is 6.64. The molecule has 0 aliphatic carbocycles. The largest absolute Gasteiger partial charge is 0.495 e. The predicted octanol–water partition coefficient (Wildman–Crippen LogP) is 1.57. The summed E-state index contributed by atoms with van der Waals surface area (Å²) in [5.41, 5.74) is 1.65. The smallest absolute Gasteiger partial charge is 0.243 e. The highest BCUT2D eigenvalue weighted by Gasteiger charge is 2.35. The monoisotopic (exact) mass is 509 g/mol. The van der Waals surface area contributed by atoms with E-state index in [-0.39, 0.29) is 30.7 Å². The van der Waals surface area contributed by atoms with Gasteiger partial charge >= 0.3 is 0 Å². The molecule has 1 atom stereocenters. The van der Waals surface area contributed by atoms with E-state index in [9.17, 15) is 14.4 Å². The maximum Gasteiger partial charge on any atom is 0.243 e. The minimum atomic E-state index is -0.834. The average Bonchev–Trinajstić information content (AvgIpc) is 2.91. The molecule has 0 spiro atoms. The molecule has 0 aromatic heterocycles. The van der Waals surface area contributed by atoms with Gasteiger partial charge in [-0.05, 0) is 43.3 Å². The molecule has 10 nitrogen and oxygen atoms in total. The summed E-state index contributed by atoms with van der Waals surface area (Å²) in [7, 11) is 1.66. The zero-order valence-electron chi connectivity index (χ0n) is 21.4. The number of amides is 3. The average molecular weight is 510 g/mol. The Morgan fingerprint density at radius 3 is 2.46 bits per heavy atom. The van der Waals surface area contributed by atoms with Crippen molar-refractivity contribution < 1.29 is 23.9 Å². The standard InChI is InChI=1S/C27H35N5O5/c1-3-37-21-10-8-20(9-11-21)29-25(33)18-23-27(35)28-12-13-32(23)26(34)19-30-14-16-31(17-15-30)22-6-4-5-7-24(22)36-2/h4-11,23H,3,12-19H2,1-2H3,(H,28,35)(H,29,33)/t23-/m0/s1. The lowest BCUT2D eigenvalue weighted by atomic mass is 10.1. The van der Waals surface area contributed by atoms with Gasteiger partial charge in [0.1, 0.15) is 17.5 Å². The minimum absolute atomic E-state index is 0.105. The first-order valence-electron chi connectivity index (χ1n) is 12.7. The van der Waals surface area contributed by atoms with Crippen molar-refractivity contribution in [2.75, 3.05) is 69.7 Å². The second kappa shape index (κ2) is 12.4. The van der Waals surface area contributed by atoms with Gasteiger partial charge < -0.3 is 29.9 Å². The predicted molar refractivity (Wildman–Crippen MR) is 141 cm³/mol. The van der Waals surface area contributed by atoms with Gasteiger partial charge in [0.2, 0.25) is 17.7 Å². The lowest BCUT2D eigenvalue weighted by Gasteiger charge is -2.39. The van der Waals surface area contributed by atoms with Crippen LogP contribution in [0.15, 0.2) is 48.5 Å². The van der Waals surface area contributed by atoms with Crippen molar-refractivity contribution in [2.45, 2.75) is 19.4 Å². The summed E-state index contributed by atoms with van der Waals surface area (Å²) in [5.74, 6) is 0.779. The molecule has 37 heavy (non-hydrogen) atoms. The fourth-order valence-corrected chi connectivity index (χ4v) is 4.72. The molecule has 2 saturated heterocycles. The van der Waals surface area contributed by atoms with E-state index in [0.29, 0.717) is 44.2 Å². The highest BCUT2D eigenvalue weighted by molar-refractivity contribution is 5.97. The van der Waals surface area contributed by atoms with E-state index in [1.54, 1.807) is 36.3 Å². The van der Waals surface area contributed by atoms with Crippen LogP contribution >= 0.6 is 0 Å². The number of rotatable bonds is 9. The minimum Gasteiger partial charge on any atom is -0.495 e. The van der Waals surface area contributed by atoms with Crippen molar-refractivity contribution in [3.05, 3.63) is 48.5 Å². The summed E-state index contributed by atoms with van der Waals surface area (Å²) in [6, 6.07) is 14.1. The van der Waals surface area contributed by atoms with Crippen molar-refractivity contribution in [2.24, 2.45) is 0 Å². The Kier molecular flexibility index (Phi) is 8.84. The van der Waals surface area contributed by atoms with Crippen LogP contribution in [0.2, 0.25) is 0 Å². The number of nitrogens with zero attached hydrogens (tertiary/aromatic N) is 3. The summed E-state index contributed by atoms with van der Waals surface area (Å²) in [5, 5.41) is 5.60. The molecule has 2 heterocycles. The summed E-state index contributed by atoms with van der Waals surface area (Å²) >= 11 is 0. The lowest BCUT2D eigenvalue weighted by molar-refractivity contribution is -0.145. The molecule has 2 aromatic rings. The third-order valence-electron chi connectivity index (χ3n) is 6.64. The van der Waals surface area contributed by atoms with Crippen molar-refractivity contribution in [3.63, 3.8) is 0 Å². The number of nitrogens with one attached hydrogen (secondary N) is 2. The molecule has 0 radical (unpaired) electrons. The molecule has 2 fully saturated rings. The van der Waals surface area contributed by atoms with E-state index in [0.717, 1.165) is 24.5 Å². The number of carbonyl (C=O) groups is 3. The molecule has 198 valence electrons. The van der Waals surface area contributed by atoms with E-state index in [1.807, 2.05) is 31.2 Å². The lowest BCUT2D eigenvalue weighted by Crippen LogP contribution is -2.60. The Bertz CT molecular complexity index is 1080. The molecular weight excluding hydrogens is 474 g/mol. The molecule has 2 aliphatic heterocycles. The van der Waals surface area contributed by atoms with Gasteiger partial charge in [0.05, 0.1) is 32.4 Å². The van der Waals surface area contributed by atoms with Gasteiger partial charge in [0, 0.05) is 45.0 Å². The maximum absolute atomic E-state index is 13.2. The maximum atomic E-state index is 13.2. The first-order valence-corrected chi connectivity index (χ1v) is 12.7. The van der Waals surface area contributed by atoms with Crippen LogP contribution in [0.3, 0.4) is 0 Å². The van der Waals surface area contributed by atoms with Crippen LogP contribution in [-0.4, -0.2) is 93.1 Å². The number of hydrogen-bond acceptors (Lipinski definition) is 7. The van der Waals surface area contributed by atoms with E-state index in [2.05, 4.69) is 20.4 Å². The molecule has 4 rings (SSSR count). The Hall–Kier alpha value is -3.79. The van der Waals surface area contributed by atoms with Gasteiger partial charge in [0.15, 0.2) is 0 Å². The Morgan fingerprint density at radius 2 is 1.76 bits per heavy atom. The molecule has 0 saturated carbocycles. The zero-order chi connectivity index (χ0) is 26.2. The number of piperazine rings is 2. The van der Waals surface area contributed by atoms with Gasteiger partial charge in [-0.2, -0.15) is 0 Å². The van der Waals surface area contributed by atoms with E-state index in [4.69, 9.17) is 9.47 Å². The molecule has 0 bridgehead atoms. The molecule has 2 aliphatic rings. The number of benzene rings is 2. The summed E-state index contributed by atoms with van der Waals surface area (Å²) in [6.07, 6.45) is -0.105.